The van der Waals surface area contributed by atoms with Gasteiger partial charge in [0.05, 0.1) is 6.10 Å². The predicted molar refractivity (Wildman–Crippen MR) is 68.4 cm³/mol. The molecule has 4 nitrogen and oxygen atoms in total. The average Bonchev–Trinajstić information content (AvgIpc) is 2.36. The average molecular weight is 249 g/mol. The first-order chi connectivity index (χ1) is 8.65. The third-order valence-corrected chi connectivity index (χ3v) is 3.41. The first kappa shape index (κ1) is 12.9. The largest absolute Gasteiger partial charge is 0.508 e. The summed E-state index contributed by atoms with van der Waals surface area (Å²) in [6.07, 6.45) is 3.49. The lowest BCUT2D eigenvalue weighted by molar-refractivity contribution is 0.0873. The number of hydrogen-bond acceptors (Lipinski definition) is 3. The Morgan fingerprint density at radius 1 is 1.39 bits per heavy atom. The van der Waals surface area contributed by atoms with Crippen LogP contribution in [0.15, 0.2) is 24.3 Å². The molecule has 18 heavy (non-hydrogen) atoms. The van der Waals surface area contributed by atoms with Crippen molar-refractivity contribution in [3.63, 3.8) is 0 Å². The van der Waals surface area contributed by atoms with Crippen molar-refractivity contribution in [3.8, 4) is 5.75 Å². The van der Waals surface area contributed by atoms with Crippen LogP contribution >= 0.6 is 0 Å². The summed E-state index contributed by atoms with van der Waals surface area (Å²) in [5.74, 6) is 0.275. The monoisotopic (exact) mass is 249 g/mol. The number of aromatic hydroxyl groups is 1. The van der Waals surface area contributed by atoms with Gasteiger partial charge >= 0.3 is 0 Å². The minimum atomic E-state index is -0.221. The Labute approximate surface area is 107 Å². The molecule has 1 aromatic rings. The van der Waals surface area contributed by atoms with E-state index in [1.807, 2.05) is 0 Å². The van der Waals surface area contributed by atoms with Crippen LogP contribution in [0, 0.1) is 5.92 Å². The fourth-order valence-corrected chi connectivity index (χ4v) is 2.43. The SMILES string of the molecule is O=C(NCC1CCCC(O)C1)c1cccc(O)c1. The topological polar surface area (TPSA) is 69.6 Å². The van der Waals surface area contributed by atoms with Crippen molar-refractivity contribution in [2.75, 3.05) is 6.54 Å². The fourth-order valence-electron chi connectivity index (χ4n) is 2.43. The molecule has 1 saturated carbocycles. The molecule has 3 N–H and O–H groups in total. The Hall–Kier alpha value is -1.55. The van der Waals surface area contributed by atoms with Gasteiger partial charge in [-0.25, -0.2) is 0 Å². The van der Waals surface area contributed by atoms with Crippen LogP contribution in [0.5, 0.6) is 5.75 Å². The maximum absolute atomic E-state index is 11.8. The smallest absolute Gasteiger partial charge is 0.251 e. The van der Waals surface area contributed by atoms with E-state index in [0.717, 1.165) is 25.7 Å². The summed E-state index contributed by atoms with van der Waals surface area (Å²) in [4.78, 5) is 11.8. The van der Waals surface area contributed by atoms with Crippen LogP contribution < -0.4 is 5.32 Å². The van der Waals surface area contributed by atoms with Gasteiger partial charge in [-0.2, -0.15) is 0 Å². The Bertz CT molecular complexity index is 419. The number of aliphatic hydroxyl groups is 1. The minimum absolute atomic E-state index is 0.0933. The van der Waals surface area contributed by atoms with Gasteiger partial charge in [-0.1, -0.05) is 12.5 Å². The minimum Gasteiger partial charge on any atom is -0.508 e. The first-order valence-corrected chi connectivity index (χ1v) is 6.40. The van der Waals surface area contributed by atoms with Gasteiger partial charge < -0.3 is 15.5 Å². The van der Waals surface area contributed by atoms with E-state index in [-0.39, 0.29) is 17.8 Å². The van der Waals surface area contributed by atoms with Gasteiger partial charge in [0.25, 0.3) is 5.91 Å². The molecule has 0 heterocycles. The van der Waals surface area contributed by atoms with Gasteiger partial charge in [-0.05, 0) is 43.4 Å². The fraction of sp³-hybridized carbons (Fsp3) is 0.500. The molecular weight excluding hydrogens is 230 g/mol. The Morgan fingerprint density at radius 3 is 2.94 bits per heavy atom. The van der Waals surface area contributed by atoms with E-state index in [4.69, 9.17) is 0 Å². The van der Waals surface area contributed by atoms with E-state index in [1.54, 1.807) is 12.1 Å². The van der Waals surface area contributed by atoms with Crippen LogP contribution in [0.4, 0.5) is 0 Å². The van der Waals surface area contributed by atoms with Crippen LogP contribution in [0.2, 0.25) is 0 Å². The molecule has 1 aromatic carbocycles. The zero-order valence-corrected chi connectivity index (χ0v) is 10.3. The summed E-state index contributed by atoms with van der Waals surface area (Å²) in [6.45, 7) is 0.589. The molecule has 0 saturated heterocycles. The summed E-state index contributed by atoms with van der Waals surface area (Å²) in [5.41, 5.74) is 0.464. The molecule has 4 heteroatoms. The molecule has 2 unspecified atom stereocenters. The lowest BCUT2D eigenvalue weighted by atomic mass is 9.87. The highest BCUT2D eigenvalue weighted by molar-refractivity contribution is 5.94. The number of amides is 1. The van der Waals surface area contributed by atoms with E-state index in [2.05, 4.69) is 5.32 Å². The van der Waals surface area contributed by atoms with Crippen molar-refractivity contribution in [2.24, 2.45) is 5.92 Å². The van der Waals surface area contributed by atoms with E-state index >= 15 is 0 Å². The number of carbonyl (C=O) groups excluding carboxylic acids is 1. The molecular formula is C14H19NO3. The summed E-state index contributed by atoms with van der Waals surface area (Å²) >= 11 is 0. The first-order valence-electron chi connectivity index (χ1n) is 6.40. The maximum atomic E-state index is 11.8. The Morgan fingerprint density at radius 2 is 2.22 bits per heavy atom. The van der Waals surface area contributed by atoms with Crippen molar-refractivity contribution in [2.45, 2.75) is 31.8 Å². The normalized spacial score (nSPS) is 23.6. The standard InChI is InChI=1S/C14H19NO3/c16-12-5-1-3-10(7-12)9-15-14(18)11-4-2-6-13(17)8-11/h2,4,6,8,10,12,16-17H,1,3,5,7,9H2,(H,15,18). The van der Waals surface area contributed by atoms with E-state index in [1.165, 1.54) is 12.1 Å². The number of nitrogens with one attached hydrogen (secondary N) is 1. The number of hydrogen-bond donors (Lipinski definition) is 3. The van der Waals surface area contributed by atoms with Gasteiger partial charge in [-0.3, -0.25) is 4.79 Å². The van der Waals surface area contributed by atoms with Gasteiger partial charge in [0.15, 0.2) is 0 Å². The van der Waals surface area contributed by atoms with Crippen LogP contribution in [0.1, 0.15) is 36.0 Å². The zero-order valence-electron chi connectivity index (χ0n) is 10.3. The lowest BCUT2D eigenvalue weighted by Crippen LogP contribution is -2.32. The van der Waals surface area contributed by atoms with Crippen LogP contribution in [-0.4, -0.2) is 28.8 Å². The number of benzene rings is 1. The van der Waals surface area contributed by atoms with Crippen molar-refractivity contribution in [1.29, 1.82) is 0 Å². The third-order valence-electron chi connectivity index (χ3n) is 3.41. The number of rotatable bonds is 3. The molecule has 2 rings (SSSR count). The summed E-state index contributed by atoms with van der Waals surface area (Å²) in [5, 5.41) is 21.7. The molecule has 1 amide bonds. The molecule has 0 aromatic heterocycles. The Kier molecular flexibility index (Phi) is 4.20. The lowest BCUT2D eigenvalue weighted by Gasteiger charge is -2.25. The molecule has 1 fully saturated rings. The van der Waals surface area contributed by atoms with Gasteiger partial charge in [0.2, 0.25) is 0 Å². The highest BCUT2D eigenvalue weighted by Crippen LogP contribution is 2.23. The quantitative estimate of drug-likeness (QED) is 0.763. The second kappa shape index (κ2) is 5.87. The number of phenols is 1. The summed E-state index contributed by atoms with van der Waals surface area (Å²) in [6, 6.07) is 6.30. The Balaban J connectivity index is 1.84. The molecule has 2 atom stereocenters. The van der Waals surface area contributed by atoms with E-state index in [9.17, 15) is 15.0 Å². The highest BCUT2D eigenvalue weighted by atomic mass is 16.3. The molecule has 0 spiro atoms. The molecule has 0 aliphatic heterocycles. The third kappa shape index (κ3) is 3.47. The number of carbonyl (C=O) groups is 1. The van der Waals surface area contributed by atoms with Crippen molar-refractivity contribution in [3.05, 3.63) is 29.8 Å². The van der Waals surface area contributed by atoms with Crippen molar-refractivity contribution in [1.82, 2.24) is 5.32 Å². The van der Waals surface area contributed by atoms with Crippen LogP contribution in [0.25, 0.3) is 0 Å². The summed E-state index contributed by atoms with van der Waals surface area (Å²) < 4.78 is 0. The van der Waals surface area contributed by atoms with Gasteiger partial charge in [0.1, 0.15) is 5.75 Å². The molecule has 98 valence electrons. The van der Waals surface area contributed by atoms with Crippen molar-refractivity contribution < 1.29 is 15.0 Å². The molecule has 1 aliphatic carbocycles. The number of phenolic OH excluding ortho intramolecular Hbond substituents is 1. The predicted octanol–water partition coefficient (Wildman–Crippen LogP) is 1.67. The second-order valence-corrected chi connectivity index (χ2v) is 4.95. The molecule has 1 aliphatic rings. The van der Waals surface area contributed by atoms with Gasteiger partial charge in [0, 0.05) is 12.1 Å². The summed E-state index contributed by atoms with van der Waals surface area (Å²) in [7, 11) is 0. The van der Waals surface area contributed by atoms with Gasteiger partial charge in [-0.15, -0.1) is 0 Å². The van der Waals surface area contributed by atoms with E-state index < -0.39 is 0 Å². The molecule has 0 bridgehead atoms. The highest BCUT2D eigenvalue weighted by Gasteiger charge is 2.20. The van der Waals surface area contributed by atoms with Crippen LogP contribution in [-0.2, 0) is 0 Å². The van der Waals surface area contributed by atoms with Crippen LogP contribution in [0.3, 0.4) is 0 Å². The van der Waals surface area contributed by atoms with E-state index in [0.29, 0.717) is 18.0 Å². The maximum Gasteiger partial charge on any atom is 0.251 e. The molecule has 0 radical (unpaired) electrons. The number of aliphatic hydroxyl groups excluding tert-OH is 1. The second-order valence-electron chi connectivity index (χ2n) is 4.95. The van der Waals surface area contributed by atoms with Crippen molar-refractivity contribution >= 4 is 5.91 Å². The zero-order chi connectivity index (χ0) is 13.0.